The van der Waals surface area contributed by atoms with Gasteiger partial charge in [-0.25, -0.2) is 31.6 Å². The first-order chi connectivity index (χ1) is 19.2. The minimum absolute atomic E-state index is 0.00921. The lowest BCUT2D eigenvalue weighted by Crippen LogP contribution is -2.34. The molecule has 208 valence electrons. The first kappa shape index (κ1) is 26.9. The summed E-state index contributed by atoms with van der Waals surface area (Å²) >= 11 is 1.36. The van der Waals surface area contributed by atoms with Crippen LogP contribution in [0.4, 0.5) is 23.2 Å². The number of piperidine rings is 1. The van der Waals surface area contributed by atoms with Crippen LogP contribution in [-0.4, -0.2) is 42.4 Å². The van der Waals surface area contributed by atoms with Crippen LogP contribution >= 0.6 is 11.3 Å². The lowest BCUT2D eigenvalue weighted by molar-refractivity contribution is 0.203. The highest BCUT2D eigenvalue weighted by atomic mass is 32.2. The van der Waals surface area contributed by atoms with Crippen molar-refractivity contribution < 1.29 is 26.0 Å². The van der Waals surface area contributed by atoms with Gasteiger partial charge in [-0.05, 0) is 80.7 Å². The van der Waals surface area contributed by atoms with Crippen molar-refractivity contribution >= 4 is 27.0 Å². The number of sulfonamides is 1. The van der Waals surface area contributed by atoms with E-state index in [0.29, 0.717) is 28.6 Å². The molecule has 0 bridgehead atoms. The molecule has 2 fully saturated rings. The summed E-state index contributed by atoms with van der Waals surface area (Å²) in [6, 6.07) is 9.58. The van der Waals surface area contributed by atoms with Crippen molar-refractivity contribution in [3.63, 3.8) is 0 Å². The predicted octanol–water partition coefficient (Wildman–Crippen LogP) is 6.57. The summed E-state index contributed by atoms with van der Waals surface area (Å²) in [6.45, 7) is 1.90. The third-order valence-corrected chi connectivity index (χ3v) is 9.90. The number of halogens is 4. The molecule has 2 aromatic carbocycles. The van der Waals surface area contributed by atoms with Gasteiger partial charge in [0, 0.05) is 29.8 Å². The highest BCUT2D eigenvalue weighted by Crippen LogP contribution is 2.44. The second kappa shape index (κ2) is 10.6. The lowest BCUT2D eigenvalue weighted by atomic mass is 9.97. The molecule has 0 radical (unpaired) electrons. The number of likely N-dealkylation sites (tertiary alicyclic amines) is 1. The van der Waals surface area contributed by atoms with Crippen molar-refractivity contribution in [2.75, 3.05) is 17.8 Å². The predicted molar refractivity (Wildman–Crippen MR) is 144 cm³/mol. The van der Waals surface area contributed by atoms with Gasteiger partial charge in [-0.2, -0.15) is 4.39 Å². The van der Waals surface area contributed by atoms with Crippen molar-refractivity contribution in [2.24, 2.45) is 0 Å². The number of rotatable bonds is 7. The molecule has 4 aromatic rings. The van der Waals surface area contributed by atoms with Crippen molar-refractivity contribution in [1.29, 1.82) is 0 Å². The zero-order valence-electron chi connectivity index (χ0n) is 21.1. The maximum atomic E-state index is 15.9. The van der Waals surface area contributed by atoms with Gasteiger partial charge >= 0.3 is 0 Å². The van der Waals surface area contributed by atoms with Crippen LogP contribution in [0.25, 0.3) is 21.7 Å². The average molecular weight is 589 g/mol. The molecule has 1 aliphatic carbocycles. The molecule has 0 spiro atoms. The van der Waals surface area contributed by atoms with E-state index in [1.54, 1.807) is 6.07 Å². The molecule has 6 nitrogen and oxygen atoms in total. The van der Waals surface area contributed by atoms with Crippen molar-refractivity contribution in [3.8, 4) is 21.7 Å². The molecular formula is C28H24F4N4O2S2. The maximum absolute atomic E-state index is 15.9. The first-order valence-corrected chi connectivity index (χ1v) is 15.1. The number of hydrogen-bond acceptors (Lipinski definition) is 6. The topological polar surface area (TPSA) is 75.2 Å². The summed E-state index contributed by atoms with van der Waals surface area (Å²) in [5, 5.41) is 0.796. The number of aromatic nitrogens is 2. The Morgan fingerprint density at radius 2 is 1.73 bits per heavy atom. The molecule has 1 aliphatic heterocycles. The van der Waals surface area contributed by atoms with Crippen LogP contribution in [0.5, 0.6) is 0 Å². The monoisotopic (exact) mass is 588 g/mol. The van der Waals surface area contributed by atoms with Gasteiger partial charge in [0.1, 0.15) is 16.5 Å². The Morgan fingerprint density at radius 1 is 0.950 bits per heavy atom. The van der Waals surface area contributed by atoms with Gasteiger partial charge in [0.15, 0.2) is 5.82 Å². The van der Waals surface area contributed by atoms with Crippen molar-refractivity contribution in [1.82, 2.24) is 14.9 Å². The largest absolute Gasteiger partial charge is 0.300 e. The van der Waals surface area contributed by atoms with Gasteiger partial charge in [-0.1, -0.05) is 6.07 Å². The van der Waals surface area contributed by atoms with Crippen LogP contribution < -0.4 is 4.72 Å². The van der Waals surface area contributed by atoms with Crippen molar-refractivity contribution in [2.45, 2.75) is 42.5 Å². The van der Waals surface area contributed by atoms with Gasteiger partial charge in [0.25, 0.3) is 10.0 Å². The van der Waals surface area contributed by atoms with Crippen LogP contribution in [0.3, 0.4) is 0 Å². The molecule has 2 aliphatic rings. The first-order valence-electron chi connectivity index (χ1n) is 12.8. The number of pyridine rings is 1. The van der Waals surface area contributed by atoms with E-state index in [9.17, 15) is 21.6 Å². The average Bonchev–Trinajstić information content (AvgIpc) is 3.69. The fourth-order valence-corrected chi connectivity index (χ4v) is 7.46. The normalized spacial score (nSPS) is 16.8. The zero-order valence-corrected chi connectivity index (χ0v) is 22.7. The van der Waals surface area contributed by atoms with Crippen LogP contribution in [0.15, 0.2) is 59.6 Å². The van der Waals surface area contributed by atoms with Gasteiger partial charge < -0.3 is 4.90 Å². The molecule has 1 saturated heterocycles. The number of nitrogens with zero attached hydrogens (tertiary/aromatic N) is 3. The quantitative estimate of drug-likeness (QED) is 0.195. The van der Waals surface area contributed by atoms with E-state index in [0.717, 1.165) is 37.0 Å². The standard InChI is InChI=1S/C28H24F4N4O2S2/c29-18-4-7-21(30)23(15-18)40(37,38)35-22-3-1-2-20(25(22)32)26-27(17-8-11-33-24(31)14-17)39-28(34-26)16-9-12-36(13-10-16)19-5-6-19/h1-4,7-8,11,14-16,19,35H,5-6,9-10,12-13H2. The van der Waals surface area contributed by atoms with E-state index in [2.05, 4.69) is 9.88 Å². The Hall–Kier alpha value is -3.35. The maximum Gasteiger partial charge on any atom is 0.265 e. The minimum atomic E-state index is -4.66. The molecule has 1 saturated carbocycles. The Bertz CT molecular complexity index is 1680. The Balaban J connectivity index is 1.38. The molecule has 1 N–H and O–H groups in total. The number of hydrogen-bond donors (Lipinski definition) is 1. The highest BCUT2D eigenvalue weighted by molar-refractivity contribution is 7.92. The van der Waals surface area contributed by atoms with Gasteiger partial charge in [0.2, 0.25) is 5.95 Å². The van der Waals surface area contributed by atoms with Crippen LogP contribution in [0.2, 0.25) is 0 Å². The van der Waals surface area contributed by atoms with Crippen molar-refractivity contribution in [3.05, 3.63) is 83.1 Å². The smallest absolute Gasteiger partial charge is 0.265 e. The Labute approximate surface area is 232 Å². The van der Waals surface area contributed by atoms with Gasteiger partial charge in [-0.15, -0.1) is 11.3 Å². The third-order valence-electron chi connectivity index (χ3n) is 7.26. The van der Waals surface area contributed by atoms with E-state index < -0.39 is 44.0 Å². The van der Waals surface area contributed by atoms with E-state index in [-0.39, 0.29) is 17.2 Å². The molecule has 0 atom stereocenters. The summed E-state index contributed by atoms with van der Waals surface area (Å²) < 4.78 is 85.6. The SMILES string of the molecule is O=S(=O)(Nc1cccc(-c2nc(C3CCN(C4CC4)CC3)sc2-c2ccnc(F)c2)c1F)c1cc(F)ccc1F. The summed E-state index contributed by atoms with van der Waals surface area (Å²) in [4.78, 5) is 10.5. The summed E-state index contributed by atoms with van der Waals surface area (Å²) in [7, 11) is -4.66. The number of nitrogens with one attached hydrogen (secondary N) is 1. The summed E-state index contributed by atoms with van der Waals surface area (Å²) in [5.41, 5.74) is 0.241. The van der Waals surface area contributed by atoms with Crippen LogP contribution in [0, 0.1) is 23.4 Å². The number of anilines is 1. The number of benzene rings is 2. The van der Waals surface area contributed by atoms with Gasteiger partial charge in [-0.3, -0.25) is 4.72 Å². The highest BCUT2D eigenvalue weighted by Gasteiger charge is 2.34. The summed E-state index contributed by atoms with van der Waals surface area (Å²) in [6.07, 6.45) is 5.57. The minimum Gasteiger partial charge on any atom is -0.300 e. The molecule has 3 heterocycles. The molecule has 6 rings (SSSR count). The third kappa shape index (κ3) is 5.35. The lowest BCUT2D eigenvalue weighted by Gasteiger charge is -2.30. The molecule has 2 aromatic heterocycles. The van der Waals surface area contributed by atoms with E-state index >= 15 is 4.39 Å². The fraction of sp³-hybridized carbons (Fsp3) is 0.286. The van der Waals surface area contributed by atoms with Crippen LogP contribution in [-0.2, 0) is 10.0 Å². The van der Waals surface area contributed by atoms with E-state index in [4.69, 9.17) is 4.98 Å². The summed E-state index contributed by atoms with van der Waals surface area (Å²) in [5.74, 6) is -3.62. The second-order valence-electron chi connectivity index (χ2n) is 9.99. The molecule has 0 amide bonds. The zero-order chi connectivity index (χ0) is 28.0. The van der Waals surface area contributed by atoms with Crippen LogP contribution in [0.1, 0.15) is 36.6 Å². The Kier molecular flexibility index (Phi) is 7.09. The fourth-order valence-electron chi connectivity index (χ4n) is 5.06. The van der Waals surface area contributed by atoms with E-state index in [1.807, 2.05) is 4.72 Å². The molecular weight excluding hydrogens is 564 g/mol. The Morgan fingerprint density at radius 3 is 2.45 bits per heavy atom. The molecule has 40 heavy (non-hydrogen) atoms. The van der Waals surface area contributed by atoms with Gasteiger partial charge in [0.05, 0.1) is 21.3 Å². The molecule has 0 unspecified atom stereocenters. The number of thiazole rings is 1. The molecule has 12 heteroatoms. The van der Waals surface area contributed by atoms with E-state index in [1.165, 1.54) is 54.6 Å². The second-order valence-corrected chi connectivity index (χ2v) is 12.7.